The number of benzene rings is 1. The van der Waals surface area contributed by atoms with E-state index >= 15 is 0 Å². The molecule has 1 aromatic rings. The first kappa shape index (κ1) is 13.8. The van der Waals surface area contributed by atoms with Crippen molar-refractivity contribution in [2.24, 2.45) is 11.7 Å². The fraction of sp³-hybridized carbons (Fsp3) is 0.571. The van der Waals surface area contributed by atoms with Crippen LogP contribution in [0.4, 0.5) is 0 Å². The van der Waals surface area contributed by atoms with Crippen LogP contribution in [0.25, 0.3) is 0 Å². The molecule has 96 valence electrons. The first-order chi connectivity index (χ1) is 7.97. The zero-order valence-electron chi connectivity index (χ0n) is 11.4. The van der Waals surface area contributed by atoms with Gasteiger partial charge >= 0.3 is 0 Å². The van der Waals surface area contributed by atoms with Crippen molar-refractivity contribution in [3.8, 4) is 11.5 Å². The van der Waals surface area contributed by atoms with Crippen LogP contribution in [0, 0.1) is 5.92 Å². The summed E-state index contributed by atoms with van der Waals surface area (Å²) in [6.45, 7) is 6.33. The van der Waals surface area contributed by atoms with E-state index in [-0.39, 0.29) is 0 Å². The van der Waals surface area contributed by atoms with E-state index in [0.29, 0.717) is 5.92 Å². The molecule has 2 atom stereocenters. The van der Waals surface area contributed by atoms with Crippen LogP contribution < -0.4 is 15.2 Å². The summed E-state index contributed by atoms with van der Waals surface area (Å²) in [7, 11) is 3.32. The summed E-state index contributed by atoms with van der Waals surface area (Å²) in [4.78, 5) is 0. The van der Waals surface area contributed by atoms with E-state index in [9.17, 15) is 0 Å². The minimum atomic E-state index is -0.422. The van der Waals surface area contributed by atoms with Gasteiger partial charge in [0.25, 0.3) is 0 Å². The predicted molar refractivity (Wildman–Crippen MR) is 70.5 cm³/mol. The molecule has 3 heteroatoms. The van der Waals surface area contributed by atoms with E-state index in [1.54, 1.807) is 14.2 Å². The SMILES string of the molecule is CCC(C)C(C)(N)c1cc(OC)ccc1OC. The predicted octanol–water partition coefficient (Wildman–Crippen LogP) is 2.92. The zero-order valence-corrected chi connectivity index (χ0v) is 11.4. The molecule has 0 aliphatic rings. The summed E-state index contributed by atoms with van der Waals surface area (Å²) in [5, 5.41) is 0. The molecule has 2 N–H and O–H groups in total. The third-order valence-corrected chi connectivity index (χ3v) is 3.62. The van der Waals surface area contributed by atoms with Gasteiger partial charge in [-0.25, -0.2) is 0 Å². The monoisotopic (exact) mass is 237 g/mol. The summed E-state index contributed by atoms with van der Waals surface area (Å²) < 4.78 is 10.6. The Balaban J connectivity index is 3.26. The van der Waals surface area contributed by atoms with Gasteiger partial charge < -0.3 is 15.2 Å². The van der Waals surface area contributed by atoms with Crippen LogP contribution in [0.3, 0.4) is 0 Å². The molecule has 3 nitrogen and oxygen atoms in total. The van der Waals surface area contributed by atoms with E-state index in [4.69, 9.17) is 15.2 Å². The molecule has 0 bridgehead atoms. The summed E-state index contributed by atoms with van der Waals surface area (Å²) in [6, 6.07) is 5.75. The van der Waals surface area contributed by atoms with Gasteiger partial charge in [0.1, 0.15) is 11.5 Å². The highest BCUT2D eigenvalue weighted by Crippen LogP contribution is 2.37. The molecule has 1 rings (SSSR count). The molecule has 0 aliphatic heterocycles. The number of rotatable bonds is 5. The molecule has 0 heterocycles. The van der Waals surface area contributed by atoms with Crippen molar-refractivity contribution in [2.45, 2.75) is 32.7 Å². The van der Waals surface area contributed by atoms with Gasteiger partial charge in [-0.1, -0.05) is 20.3 Å². The second-order valence-electron chi connectivity index (χ2n) is 4.66. The normalized spacial score (nSPS) is 16.1. The minimum Gasteiger partial charge on any atom is -0.497 e. The molecular weight excluding hydrogens is 214 g/mol. The Morgan fingerprint density at radius 1 is 1.29 bits per heavy atom. The van der Waals surface area contributed by atoms with Gasteiger partial charge in [0, 0.05) is 11.1 Å². The molecule has 2 unspecified atom stereocenters. The molecule has 0 saturated carbocycles. The smallest absolute Gasteiger partial charge is 0.124 e. The molecule has 0 spiro atoms. The van der Waals surface area contributed by atoms with Crippen molar-refractivity contribution in [1.29, 1.82) is 0 Å². The molecule has 17 heavy (non-hydrogen) atoms. The van der Waals surface area contributed by atoms with E-state index in [2.05, 4.69) is 13.8 Å². The number of nitrogens with two attached hydrogens (primary N) is 1. The van der Waals surface area contributed by atoms with Crippen LogP contribution in [0.15, 0.2) is 18.2 Å². The van der Waals surface area contributed by atoms with Crippen LogP contribution in [0.2, 0.25) is 0 Å². The lowest BCUT2D eigenvalue weighted by Crippen LogP contribution is -2.40. The maximum atomic E-state index is 6.46. The number of ether oxygens (including phenoxy) is 2. The second-order valence-corrected chi connectivity index (χ2v) is 4.66. The van der Waals surface area contributed by atoms with Crippen molar-refractivity contribution in [2.75, 3.05) is 14.2 Å². The average molecular weight is 237 g/mol. The third-order valence-electron chi connectivity index (χ3n) is 3.62. The Hall–Kier alpha value is -1.22. The first-order valence-electron chi connectivity index (χ1n) is 5.98. The number of hydrogen-bond donors (Lipinski definition) is 1. The lowest BCUT2D eigenvalue weighted by atomic mass is 9.79. The third kappa shape index (κ3) is 2.72. The van der Waals surface area contributed by atoms with Crippen molar-refractivity contribution in [3.63, 3.8) is 0 Å². The highest BCUT2D eigenvalue weighted by atomic mass is 16.5. The number of hydrogen-bond acceptors (Lipinski definition) is 3. The van der Waals surface area contributed by atoms with E-state index in [0.717, 1.165) is 23.5 Å². The first-order valence-corrected chi connectivity index (χ1v) is 5.98. The molecule has 0 aromatic heterocycles. The quantitative estimate of drug-likeness (QED) is 0.856. The Labute approximate surface area is 104 Å². The Kier molecular flexibility index (Phi) is 4.40. The molecule has 0 amide bonds. The second kappa shape index (κ2) is 5.41. The van der Waals surface area contributed by atoms with Crippen molar-refractivity contribution < 1.29 is 9.47 Å². The van der Waals surface area contributed by atoms with Gasteiger partial charge in [-0.05, 0) is 31.0 Å². The summed E-state index contributed by atoms with van der Waals surface area (Å²) in [5.41, 5.74) is 7.03. The van der Waals surface area contributed by atoms with Gasteiger partial charge in [-0.3, -0.25) is 0 Å². The topological polar surface area (TPSA) is 44.5 Å². The van der Waals surface area contributed by atoms with Gasteiger partial charge in [0.15, 0.2) is 0 Å². The van der Waals surface area contributed by atoms with Crippen LogP contribution in [0.1, 0.15) is 32.8 Å². The fourth-order valence-corrected chi connectivity index (χ4v) is 1.92. The summed E-state index contributed by atoms with van der Waals surface area (Å²) >= 11 is 0. The van der Waals surface area contributed by atoms with Crippen molar-refractivity contribution in [3.05, 3.63) is 23.8 Å². The van der Waals surface area contributed by atoms with Gasteiger partial charge in [0.05, 0.1) is 14.2 Å². The van der Waals surface area contributed by atoms with E-state index in [1.807, 2.05) is 25.1 Å². The molecule has 0 saturated heterocycles. The molecule has 0 radical (unpaired) electrons. The minimum absolute atomic E-state index is 0.364. The van der Waals surface area contributed by atoms with E-state index in [1.165, 1.54) is 0 Å². The van der Waals surface area contributed by atoms with Crippen LogP contribution in [0.5, 0.6) is 11.5 Å². The molecule has 0 fully saturated rings. The maximum absolute atomic E-state index is 6.46. The van der Waals surface area contributed by atoms with Gasteiger partial charge in [-0.2, -0.15) is 0 Å². The van der Waals surface area contributed by atoms with Crippen LogP contribution in [-0.2, 0) is 5.54 Å². The van der Waals surface area contributed by atoms with Crippen LogP contribution in [-0.4, -0.2) is 14.2 Å². The lowest BCUT2D eigenvalue weighted by molar-refractivity contribution is 0.298. The standard InChI is InChI=1S/C14H23NO2/c1-6-10(2)14(3,15)12-9-11(16-4)7-8-13(12)17-5/h7-10H,6,15H2,1-5H3. The zero-order chi connectivity index (χ0) is 13.1. The highest BCUT2D eigenvalue weighted by Gasteiger charge is 2.30. The van der Waals surface area contributed by atoms with Gasteiger partial charge in [0.2, 0.25) is 0 Å². The highest BCUT2D eigenvalue weighted by molar-refractivity contribution is 5.44. The molecule has 1 aromatic carbocycles. The van der Waals surface area contributed by atoms with Crippen molar-refractivity contribution >= 4 is 0 Å². The maximum Gasteiger partial charge on any atom is 0.124 e. The molecular formula is C14H23NO2. The average Bonchev–Trinajstić information content (AvgIpc) is 2.36. The lowest BCUT2D eigenvalue weighted by Gasteiger charge is -2.33. The largest absolute Gasteiger partial charge is 0.497 e. The van der Waals surface area contributed by atoms with Crippen molar-refractivity contribution in [1.82, 2.24) is 0 Å². The Morgan fingerprint density at radius 3 is 2.41 bits per heavy atom. The summed E-state index contributed by atoms with van der Waals surface area (Å²) in [5.74, 6) is 1.99. The fourth-order valence-electron chi connectivity index (χ4n) is 1.92. The van der Waals surface area contributed by atoms with Gasteiger partial charge in [-0.15, -0.1) is 0 Å². The molecule has 0 aliphatic carbocycles. The van der Waals surface area contributed by atoms with Crippen LogP contribution >= 0.6 is 0 Å². The summed E-state index contributed by atoms with van der Waals surface area (Å²) in [6.07, 6.45) is 1.02. The van der Waals surface area contributed by atoms with E-state index < -0.39 is 5.54 Å². The Morgan fingerprint density at radius 2 is 1.94 bits per heavy atom. The number of methoxy groups -OCH3 is 2. The Bertz CT molecular complexity index is 374.